The molecule has 0 spiro atoms. The molecule has 4 rings (SSSR count). The second kappa shape index (κ2) is 25.2. The van der Waals surface area contributed by atoms with Crippen molar-refractivity contribution >= 4 is 5.97 Å². The molecule has 0 unspecified atom stereocenters. The number of carbonyl (C=O) groups excluding carboxylic acids is 1. The number of hydrogen-bond acceptors (Lipinski definition) is 8. The highest BCUT2D eigenvalue weighted by Crippen LogP contribution is 2.30. The van der Waals surface area contributed by atoms with Crippen LogP contribution in [0.25, 0.3) is 0 Å². The first-order valence-electron chi connectivity index (χ1n) is 19.3. The number of benzene rings is 3. The van der Waals surface area contributed by atoms with Crippen molar-refractivity contribution in [2.24, 2.45) is 11.8 Å². The molecular formula is C44H60O8. The average Bonchev–Trinajstić information content (AvgIpc) is 3.18. The Morgan fingerprint density at radius 3 is 1.83 bits per heavy atom. The van der Waals surface area contributed by atoms with E-state index in [9.17, 15) is 4.79 Å². The molecule has 3 aromatic carbocycles. The fourth-order valence-corrected chi connectivity index (χ4v) is 5.98. The van der Waals surface area contributed by atoms with Crippen LogP contribution >= 0.6 is 0 Å². The fraction of sp³-hybridized carbons (Fsp3) is 0.523. The van der Waals surface area contributed by atoms with Crippen LogP contribution in [0.2, 0.25) is 0 Å². The zero-order valence-corrected chi connectivity index (χ0v) is 31.3. The van der Waals surface area contributed by atoms with Crippen molar-refractivity contribution < 1.29 is 38.3 Å². The van der Waals surface area contributed by atoms with Crippen molar-refractivity contribution in [1.82, 2.24) is 0 Å². The molecule has 8 heteroatoms. The molecule has 0 N–H and O–H groups in total. The standard InChI is InChI=1S/C44H60O8/c1-3-4-7-28-46-33-37-14-16-38(17-15-37)34-50-43-26-20-40(21-27-43)44(45)49-31-8-5-6-9-32-51-52-35-39-18-24-42(25-19-39)48-30-11-10-29-47-41-22-12-36(2)13-23-41/h3,12-13,18-27,37-38H,1,4-11,14-17,28-35H2,2H3. The predicted octanol–water partition coefficient (Wildman–Crippen LogP) is 10.3. The lowest BCUT2D eigenvalue weighted by Crippen LogP contribution is -2.22. The minimum absolute atomic E-state index is 0.299. The molecule has 0 aromatic heterocycles. The minimum atomic E-state index is -0.299. The molecule has 0 bridgehead atoms. The first kappa shape index (κ1) is 40.9. The summed E-state index contributed by atoms with van der Waals surface area (Å²) in [5.74, 6) is 3.48. The van der Waals surface area contributed by atoms with Crippen LogP contribution in [-0.4, -0.2) is 52.2 Å². The minimum Gasteiger partial charge on any atom is -0.494 e. The molecule has 1 saturated carbocycles. The van der Waals surface area contributed by atoms with E-state index in [0.717, 1.165) is 87.4 Å². The molecule has 0 amide bonds. The van der Waals surface area contributed by atoms with E-state index in [4.69, 9.17) is 33.5 Å². The maximum absolute atomic E-state index is 12.5. The van der Waals surface area contributed by atoms with Crippen molar-refractivity contribution in [3.63, 3.8) is 0 Å². The summed E-state index contributed by atoms with van der Waals surface area (Å²) in [7, 11) is 0. The SMILES string of the molecule is C=CCCCOCC1CCC(COc2ccc(C(=O)OCCCCCCOOCc3ccc(OCCCCOc4ccc(C)cc4)cc3)cc2)CC1. The maximum atomic E-state index is 12.5. The Hall–Kier alpha value is -3.85. The molecule has 1 aliphatic carbocycles. The van der Waals surface area contributed by atoms with E-state index < -0.39 is 0 Å². The molecule has 3 aromatic rings. The largest absolute Gasteiger partial charge is 0.494 e. The molecule has 0 radical (unpaired) electrons. The van der Waals surface area contributed by atoms with Gasteiger partial charge >= 0.3 is 5.97 Å². The molecule has 8 nitrogen and oxygen atoms in total. The molecule has 0 aliphatic heterocycles. The quantitative estimate of drug-likeness (QED) is 0.0254. The highest BCUT2D eigenvalue weighted by molar-refractivity contribution is 5.89. The number of carbonyl (C=O) groups is 1. The van der Waals surface area contributed by atoms with Crippen LogP contribution in [0.15, 0.2) is 85.5 Å². The third-order valence-electron chi connectivity index (χ3n) is 9.28. The molecule has 0 saturated heterocycles. The molecule has 1 fully saturated rings. The molecule has 0 heterocycles. The molecular weight excluding hydrogens is 656 g/mol. The van der Waals surface area contributed by atoms with Crippen LogP contribution in [0.4, 0.5) is 0 Å². The lowest BCUT2D eigenvalue weighted by molar-refractivity contribution is -0.304. The van der Waals surface area contributed by atoms with Gasteiger partial charge in [-0.1, -0.05) is 42.3 Å². The lowest BCUT2D eigenvalue weighted by atomic mass is 9.83. The van der Waals surface area contributed by atoms with Gasteiger partial charge < -0.3 is 23.7 Å². The van der Waals surface area contributed by atoms with Crippen molar-refractivity contribution in [2.75, 3.05) is 46.2 Å². The van der Waals surface area contributed by atoms with Gasteiger partial charge in [0.25, 0.3) is 0 Å². The van der Waals surface area contributed by atoms with Crippen molar-refractivity contribution in [3.05, 3.63) is 102 Å². The van der Waals surface area contributed by atoms with Crippen molar-refractivity contribution in [2.45, 2.75) is 90.6 Å². The second-order valence-corrected chi connectivity index (χ2v) is 13.7. The Balaban J connectivity index is 0.928. The summed E-state index contributed by atoms with van der Waals surface area (Å²) in [4.78, 5) is 23.2. The van der Waals surface area contributed by atoms with Gasteiger partial charge in [-0.05, 0) is 143 Å². The first-order valence-corrected chi connectivity index (χ1v) is 19.3. The Bertz CT molecular complexity index is 1360. The molecule has 0 atom stereocenters. The van der Waals surface area contributed by atoms with Crippen LogP contribution < -0.4 is 14.2 Å². The smallest absolute Gasteiger partial charge is 0.338 e. The highest BCUT2D eigenvalue weighted by atomic mass is 17.2. The van der Waals surface area contributed by atoms with Gasteiger partial charge in [0.15, 0.2) is 0 Å². The summed E-state index contributed by atoms with van der Waals surface area (Å²) >= 11 is 0. The summed E-state index contributed by atoms with van der Waals surface area (Å²) < 4.78 is 29.0. The van der Waals surface area contributed by atoms with E-state index >= 15 is 0 Å². The maximum Gasteiger partial charge on any atom is 0.338 e. The average molecular weight is 717 g/mol. The Morgan fingerprint density at radius 1 is 0.615 bits per heavy atom. The van der Waals surface area contributed by atoms with Crippen LogP contribution in [0.3, 0.4) is 0 Å². The second-order valence-electron chi connectivity index (χ2n) is 13.7. The van der Waals surface area contributed by atoms with Crippen molar-refractivity contribution in [3.8, 4) is 17.2 Å². The van der Waals surface area contributed by atoms with Gasteiger partial charge in [0.2, 0.25) is 0 Å². The lowest BCUT2D eigenvalue weighted by Gasteiger charge is -2.28. The number of ether oxygens (including phenoxy) is 5. The summed E-state index contributed by atoms with van der Waals surface area (Å²) in [6, 6.07) is 23.3. The van der Waals surface area contributed by atoms with E-state index in [-0.39, 0.29) is 5.97 Å². The van der Waals surface area contributed by atoms with Crippen LogP contribution in [-0.2, 0) is 25.9 Å². The Kier molecular flexibility index (Phi) is 19.8. The van der Waals surface area contributed by atoms with Gasteiger partial charge in [-0.25, -0.2) is 14.6 Å². The molecule has 52 heavy (non-hydrogen) atoms. The number of unbranched alkanes of at least 4 members (excludes halogenated alkanes) is 5. The Morgan fingerprint density at radius 2 is 1.17 bits per heavy atom. The predicted molar refractivity (Wildman–Crippen MR) is 205 cm³/mol. The van der Waals surface area contributed by atoms with E-state index in [1.54, 1.807) is 12.1 Å². The van der Waals surface area contributed by atoms with Crippen LogP contribution in [0, 0.1) is 18.8 Å². The van der Waals surface area contributed by atoms with Gasteiger partial charge in [-0.2, -0.15) is 0 Å². The van der Waals surface area contributed by atoms with Gasteiger partial charge in [0.05, 0.1) is 38.6 Å². The van der Waals surface area contributed by atoms with Crippen molar-refractivity contribution in [1.29, 1.82) is 0 Å². The van der Waals surface area contributed by atoms with E-state index in [0.29, 0.717) is 57.0 Å². The third kappa shape index (κ3) is 17.1. The zero-order chi connectivity index (χ0) is 36.5. The highest BCUT2D eigenvalue weighted by Gasteiger charge is 2.22. The topological polar surface area (TPSA) is 81.7 Å². The summed E-state index contributed by atoms with van der Waals surface area (Å²) in [6.07, 6.45) is 14.2. The van der Waals surface area contributed by atoms with E-state index in [2.05, 4.69) is 25.6 Å². The monoisotopic (exact) mass is 716 g/mol. The van der Waals surface area contributed by atoms with Crippen LogP contribution in [0.5, 0.6) is 17.2 Å². The van der Waals surface area contributed by atoms with Crippen LogP contribution in [0.1, 0.15) is 98.5 Å². The Labute approximate surface area is 311 Å². The molecule has 1 aliphatic rings. The van der Waals surface area contributed by atoms with Gasteiger partial charge in [-0.3, -0.25) is 0 Å². The fourth-order valence-electron chi connectivity index (χ4n) is 5.98. The zero-order valence-electron chi connectivity index (χ0n) is 31.3. The number of allylic oxidation sites excluding steroid dienone is 1. The summed E-state index contributed by atoms with van der Waals surface area (Å²) in [6.45, 7) is 10.9. The van der Waals surface area contributed by atoms with Gasteiger partial charge in [0.1, 0.15) is 23.9 Å². The number of aryl methyl sites for hydroxylation is 1. The normalized spacial score (nSPS) is 15.6. The number of hydrogen-bond donors (Lipinski definition) is 0. The number of rotatable bonds is 27. The number of esters is 1. The van der Waals surface area contributed by atoms with E-state index in [1.807, 2.05) is 54.6 Å². The van der Waals surface area contributed by atoms with Gasteiger partial charge in [-0.15, -0.1) is 6.58 Å². The van der Waals surface area contributed by atoms with E-state index in [1.165, 1.54) is 31.2 Å². The summed E-state index contributed by atoms with van der Waals surface area (Å²) in [5, 5.41) is 0. The van der Waals surface area contributed by atoms with Gasteiger partial charge in [0, 0.05) is 13.2 Å². The summed E-state index contributed by atoms with van der Waals surface area (Å²) in [5.41, 5.74) is 2.80. The third-order valence-corrected chi connectivity index (χ3v) is 9.28. The molecule has 284 valence electrons. The first-order chi connectivity index (χ1) is 25.6.